The van der Waals surface area contributed by atoms with E-state index in [1.54, 1.807) is 0 Å². The maximum atomic E-state index is 9.84. The molecular weight excluding hydrogens is 143 g/mol. The van der Waals surface area contributed by atoms with Gasteiger partial charge in [-0.3, -0.25) is 0 Å². The minimum absolute atomic E-state index is 0.394. The van der Waals surface area contributed by atoms with Crippen LogP contribution in [-0.2, 0) is 14.1 Å². The van der Waals surface area contributed by atoms with E-state index in [4.69, 9.17) is 9.46 Å². The summed E-state index contributed by atoms with van der Waals surface area (Å²) in [5.41, 5.74) is 0. The number of hydrogen-bond donors (Lipinski definition) is 1. The van der Waals surface area contributed by atoms with Crippen molar-refractivity contribution in [3.8, 4) is 0 Å². The smallest absolute Gasteiger partial charge is 0.329 e. The zero-order valence-corrected chi connectivity index (χ0v) is 5.80. The average Bonchev–Trinajstić information content (AvgIpc) is 1.88. The van der Waals surface area contributed by atoms with Gasteiger partial charge in [-0.2, -0.15) is 0 Å². The summed E-state index contributed by atoms with van der Waals surface area (Å²) >= 11 is 0. The largest absolute Gasteiger partial charge is 0.466 e. The second-order valence-corrected chi connectivity index (χ2v) is 0.972. The summed E-state index contributed by atoms with van der Waals surface area (Å²) in [6, 6.07) is 0. The van der Waals surface area contributed by atoms with Crippen LogP contribution in [0.2, 0.25) is 0 Å². The van der Waals surface area contributed by atoms with Crippen molar-refractivity contribution in [3.05, 3.63) is 12.7 Å². The SMILES string of the molecule is C=CC(=O)OC.O=PO. The van der Waals surface area contributed by atoms with Gasteiger partial charge in [0.1, 0.15) is 0 Å². The van der Waals surface area contributed by atoms with Gasteiger partial charge in [-0.25, -0.2) is 9.36 Å². The van der Waals surface area contributed by atoms with Crippen molar-refractivity contribution >= 4 is 14.7 Å². The van der Waals surface area contributed by atoms with Gasteiger partial charge in [-0.1, -0.05) is 6.58 Å². The molecular formula is C4H7O4P. The van der Waals surface area contributed by atoms with Gasteiger partial charge in [0.15, 0.2) is 0 Å². The van der Waals surface area contributed by atoms with Crippen molar-refractivity contribution in [2.45, 2.75) is 0 Å². The van der Waals surface area contributed by atoms with Gasteiger partial charge in [0.2, 0.25) is 0 Å². The first-order valence-corrected chi connectivity index (χ1v) is 2.66. The molecule has 0 fully saturated rings. The van der Waals surface area contributed by atoms with E-state index in [2.05, 4.69) is 11.3 Å². The monoisotopic (exact) mass is 150 g/mol. The van der Waals surface area contributed by atoms with Crippen molar-refractivity contribution in [1.82, 2.24) is 0 Å². The van der Waals surface area contributed by atoms with Crippen LogP contribution in [0.4, 0.5) is 0 Å². The lowest BCUT2D eigenvalue weighted by molar-refractivity contribution is -0.134. The first kappa shape index (κ1) is 11.1. The maximum absolute atomic E-state index is 9.84. The molecule has 1 N–H and O–H groups in total. The Hall–Kier alpha value is -0.730. The predicted octanol–water partition coefficient (Wildman–Crippen LogP) is 0.531. The molecule has 0 heterocycles. The van der Waals surface area contributed by atoms with Crippen LogP contribution in [-0.4, -0.2) is 18.0 Å². The molecule has 0 spiro atoms. The molecule has 0 unspecified atom stereocenters. The lowest BCUT2D eigenvalue weighted by atomic mass is 10.7. The lowest BCUT2D eigenvalue weighted by Gasteiger charge is -1.83. The highest BCUT2D eigenvalue weighted by Gasteiger charge is 1.81. The molecule has 0 aromatic rings. The Bertz CT molecular complexity index is 101. The summed E-state index contributed by atoms with van der Waals surface area (Å²) in [5, 5.41) is 0. The molecule has 0 saturated carbocycles. The second kappa shape index (κ2) is 10.3. The Balaban J connectivity index is 0. The van der Waals surface area contributed by atoms with Gasteiger partial charge in [0.25, 0.3) is 0 Å². The molecule has 0 radical (unpaired) electrons. The van der Waals surface area contributed by atoms with Crippen molar-refractivity contribution in [3.63, 3.8) is 0 Å². The fourth-order valence-electron chi connectivity index (χ4n) is 0.0833. The van der Waals surface area contributed by atoms with Crippen molar-refractivity contribution in [1.29, 1.82) is 0 Å². The molecule has 0 aromatic carbocycles. The molecule has 52 valence electrons. The Kier molecular flexibility index (Phi) is 12.7. The molecule has 9 heavy (non-hydrogen) atoms. The van der Waals surface area contributed by atoms with Crippen LogP contribution in [0.1, 0.15) is 0 Å². The van der Waals surface area contributed by atoms with Crippen LogP contribution < -0.4 is 0 Å². The summed E-state index contributed by atoms with van der Waals surface area (Å²) in [6.07, 6.45) is 1.11. The van der Waals surface area contributed by atoms with Crippen LogP contribution in [0.15, 0.2) is 12.7 Å². The molecule has 0 aliphatic heterocycles. The highest BCUT2D eigenvalue weighted by molar-refractivity contribution is 7.16. The molecule has 0 saturated heterocycles. The molecule has 5 heteroatoms. The number of rotatable bonds is 1. The summed E-state index contributed by atoms with van der Waals surface area (Å²) in [7, 11) is 0.476. The number of esters is 1. The maximum Gasteiger partial charge on any atom is 0.329 e. The summed E-state index contributed by atoms with van der Waals surface area (Å²) < 4.78 is 12.6. The molecule has 0 aliphatic rings. The van der Waals surface area contributed by atoms with Crippen LogP contribution in [0.5, 0.6) is 0 Å². The van der Waals surface area contributed by atoms with E-state index in [9.17, 15) is 4.79 Å². The van der Waals surface area contributed by atoms with Crippen LogP contribution in [0.3, 0.4) is 0 Å². The van der Waals surface area contributed by atoms with Crippen molar-refractivity contribution in [2.75, 3.05) is 7.11 Å². The minimum atomic E-state index is -0.833. The van der Waals surface area contributed by atoms with Crippen molar-refractivity contribution in [2.24, 2.45) is 0 Å². The molecule has 0 aliphatic carbocycles. The fraction of sp³-hybridized carbons (Fsp3) is 0.250. The predicted molar refractivity (Wildman–Crippen MR) is 32.0 cm³/mol. The number of carbonyl (C=O) groups excluding carboxylic acids is 1. The van der Waals surface area contributed by atoms with E-state index in [0.29, 0.717) is 0 Å². The molecule has 0 bridgehead atoms. The fourth-order valence-corrected chi connectivity index (χ4v) is 0.0833. The Labute approximate surface area is 54.4 Å². The topological polar surface area (TPSA) is 63.6 Å². The van der Waals surface area contributed by atoms with E-state index in [1.807, 2.05) is 0 Å². The Morgan fingerprint density at radius 2 is 2.22 bits per heavy atom. The average molecular weight is 150 g/mol. The van der Waals surface area contributed by atoms with Gasteiger partial charge in [0, 0.05) is 6.08 Å². The Morgan fingerprint density at radius 3 is 2.22 bits per heavy atom. The van der Waals surface area contributed by atoms with E-state index in [0.717, 1.165) is 6.08 Å². The normalized spacial score (nSPS) is 6.89. The summed E-state index contributed by atoms with van der Waals surface area (Å²) in [4.78, 5) is 16.8. The van der Waals surface area contributed by atoms with Crippen LogP contribution in [0.25, 0.3) is 0 Å². The van der Waals surface area contributed by atoms with Gasteiger partial charge < -0.3 is 9.63 Å². The first-order valence-electron chi connectivity index (χ1n) is 1.90. The molecule has 4 nitrogen and oxygen atoms in total. The van der Waals surface area contributed by atoms with E-state index < -0.39 is 14.7 Å². The lowest BCUT2D eigenvalue weighted by Crippen LogP contribution is -1.91. The number of methoxy groups -OCH3 is 1. The summed E-state index contributed by atoms with van der Waals surface area (Å²) in [5.74, 6) is -0.394. The van der Waals surface area contributed by atoms with E-state index >= 15 is 0 Å². The third-order valence-corrected chi connectivity index (χ3v) is 0.368. The third-order valence-electron chi connectivity index (χ3n) is 0.368. The Morgan fingerprint density at radius 1 is 1.89 bits per heavy atom. The molecule has 0 amide bonds. The zero-order valence-electron chi connectivity index (χ0n) is 4.90. The number of ether oxygens (including phenoxy) is 1. The van der Waals surface area contributed by atoms with E-state index in [1.165, 1.54) is 7.11 Å². The number of hydrogen-bond acceptors (Lipinski definition) is 3. The zero-order chi connectivity index (χ0) is 7.70. The first-order chi connectivity index (χ1) is 4.22. The molecule has 0 atom stereocenters. The quantitative estimate of drug-likeness (QED) is 0.336. The molecule has 0 aromatic heterocycles. The van der Waals surface area contributed by atoms with Crippen LogP contribution in [0, 0.1) is 0 Å². The van der Waals surface area contributed by atoms with Gasteiger partial charge in [-0.05, 0) is 0 Å². The second-order valence-electron chi connectivity index (χ2n) is 0.809. The van der Waals surface area contributed by atoms with Gasteiger partial charge in [0.05, 0.1) is 7.11 Å². The third kappa shape index (κ3) is 18.9. The van der Waals surface area contributed by atoms with E-state index in [-0.39, 0.29) is 0 Å². The highest BCUT2D eigenvalue weighted by Crippen LogP contribution is 1.67. The standard InChI is InChI=1S/C4H6O2.HO2P/c1-3-4(5)6-2;1-3-2/h3H,1H2,2H3;(H,1,2). The van der Waals surface area contributed by atoms with Gasteiger partial charge in [-0.15, -0.1) is 0 Å². The molecule has 0 rings (SSSR count). The highest BCUT2D eigenvalue weighted by atomic mass is 31.1. The number of carbonyl (C=O) groups is 1. The summed E-state index contributed by atoms with van der Waals surface area (Å²) in [6.45, 7) is 3.16. The minimum Gasteiger partial charge on any atom is -0.466 e. The van der Waals surface area contributed by atoms with Crippen molar-refractivity contribution < 1.29 is 19.0 Å². The van der Waals surface area contributed by atoms with Crippen LogP contribution >= 0.6 is 8.69 Å². The van der Waals surface area contributed by atoms with Gasteiger partial charge >= 0.3 is 14.7 Å².